The number of hydrogen-bond acceptors (Lipinski definition) is 4. The van der Waals surface area contributed by atoms with E-state index in [-0.39, 0.29) is 11.6 Å². The standard InChI is InChI=1S/C14H14N4O3/c1-10-12(9-16-17-10)8-15-14(19)7-4-11-2-5-13(6-3-11)18(20)21/h2-7,9H,8H2,1H3,(H,15,19)(H,16,17)/b7-4+. The highest BCUT2D eigenvalue weighted by Gasteiger charge is 2.03. The number of aromatic amines is 1. The summed E-state index contributed by atoms with van der Waals surface area (Å²) >= 11 is 0. The number of carbonyl (C=O) groups is 1. The van der Waals surface area contributed by atoms with Gasteiger partial charge in [0.25, 0.3) is 5.69 Å². The average Bonchev–Trinajstić information content (AvgIpc) is 2.88. The first kappa shape index (κ1) is 14.4. The number of hydrogen-bond donors (Lipinski definition) is 2. The zero-order valence-corrected chi connectivity index (χ0v) is 11.4. The number of carbonyl (C=O) groups excluding carboxylic acids is 1. The second kappa shape index (κ2) is 6.47. The molecule has 0 radical (unpaired) electrons. The number of aromatic nitrogens is 2. The summed E-state index contributed by atoms with van der Waals surface area (Å²) in [4.78, 5) is 21.7. The summed E-state index contributed by atoms with van der Waals surface area (Å²) in [6, 6.07) is 5.96. The predicted molar refractivity (Wildman–Crippen MR) is 77.3 cm³/mol. The second-order valence-corrected chi connectivity index (χ2v) is 4.42. The van der Waals surface area contributed by atoms with Crippen molar-refractivity contribution < 1.29 is 9.72 Å². The fraction of sp³-hybridized carbons (Fsp3) is 0.143. The van der Waals surface area contributed by atoms with Crippen molar-refractivity contribution >= 4 is 17.7 Å². The van der Waals surface area contributed by atoms with Gasteiger partial charge in [0.05, 0.1) is 11.1 Å². The Hall–Kier alpha value is -2.96. The fourth-order valence-electron chi connectivity index (χ4n) is 1.67. The molecule has 2 aromatic rings. The molecular formula is C14H14N4O3. The van der Waals surface area contributed by atoms with Crippen LogP contribution in [0.15, 0.2) is 36.5 Å². The van der Waals surface area contributed by atoms with Gasteiger partial charge >= 0.3 is 0 Å². The van der Waals surface area contributed by atoms with Crippen molar-refractivity contribution in [2.75, 3.05) is 0 Å². The Morgan fingerprint density at radius 3 is 2.71 bits per heavy atom. The third kappa shape index (κ3) is 4.00. The molecule has 0 unspecified atom stereocenters. The lowest BCUT2D eigenvalue weighted by atomic mass is 10.2. The number of amides is 1. The Bertz CT molecular complexity index is 674. The van der Waals surface area contributed by atoms with Gasteiger partial charge in [-0.3, -0.25) is 20.0 Å². The quantitative estimate of drug-likeness (QED) is 0.498. The van der Waals surface area contributed by atoms with E-state index in [9.17, 15) is 14.9 Å². The first-order valence-electron chi connectivity index (χ1n) is 6.25. The van der Waals surface area contributed by atoms with E-state index < -0.39 is 4.92 Å². The Kier molecular flexibility index (Phi) is 4.45. The molecule has 2 N–H and O–H groups in total. The number of non-ortho nitro benzene ring substituents is 1. The summed E-state index contributed by atoms with van der Waals surface area (Å²) in [5.74, 6) is -0.242. The first-order chi connectivity index (χ1) is 10.1. The van der Waals surface area contributed by atoms with Gasteiger partial charge in [0.15, 0.2) is 0 Å². The molecule has 0 fully saturated rings. The van der Waals surface area contributed by atoms with Crippen molar-refractivity contribution in [3.8, 4) is 0 Å². The van der Waals surface area contributed by atoms with E-state index in [0.717, 1.165) is 16.8 Å². The minimum absolute atomic E-state index is 0.0204. The van der Waals surface area contributed by atoms with E-state index in [1.165, 1.54) is 18.2 Å². The van der Waals surface area contributed by atoms with Crippen LogP contribution in [0.4, 0.5) is 5.69 Å². The Morgan fingerprint density at radius 1 is 1.43 bits per heavy atom. The molecule has 1 aromatic carbocycles. The summed E-state index contributed by atoms with van der Waals surface area (Å²) in [6.07, 6.45) is 4.65. The van der Waals surface area contributed by atoms with Gasteiger partial charge in [-0.2, -0.15) is 5.10 Å². The van der Waals surface area contributed by atoms with E-state index in [4.69, 9.17) is 0 Å². The number of nitrogens with zero attached hydrogens (tertiary/aromatic N) is 2. The minimum Gasteiger partial charge on any atom is -0.348 e. The highest BCUT2D eigenvalue weighted by atomic mass is 16.6. The zero-order valence-electron chi connectivity index (χ0n) is 11.4. The maximum Gasteiger partial charge on any atom is 0.269 e. The molecule has 0 saturated carbocycles. The van der Waals surface area contributed by atoms with E-state index in [2.05, 4.69) is 15.5 Å². The van der Waals surface area contributed by atoms with Crippen LogP contribution >= 0.6 is 0 Å². The van der Waals surface area contributed by atoms with Crippen molar-refractivity contribution in [2.24, 2.45) is 0 Å². The van der Waals surface area contributed by atoms with Crippen LogP contribution in [0, 0.1) is 17.0 Å². The number of nitro groups is 1. The van der Waals surface area contributed by atoms with E-state index >= 15 is 0 Å². The smallest absolute Gasteiger partial charge is 0.269 e. The van der Waals surface area contributed by atoms with Crippen LogP contribution in [0.2, 0.25) is 0 Å². The van der Waals surface area contributed by atoms with E-state index in [1.54, 1.807) is 24.4 Å². The Morgan fingerprint density at radius 2 is 2.14 bits per heavy atom. The molecule has 21 heavy (non-hydrogen) atoms. The maximum atomic E-state index is 11.7. The van der Waals surface area contributed by atoms with E-state index in [0.29, 0.717) is 6.54 Å². The van der Waals surface area contributed by atoms with Gasteiger partial charge in [-0.1, -0.05) is 0 Å². The highest BCUT2D eigenvalue weighted by molar-refractivity contribution is 5.91. The topological polar surface area (TPSA) is 101 Å². The monoisotopic (exact) mass is 286 g/mol. The van der Waals surface area contributed by atoms with E-state index in [1.807, 2.05) is 6.92 Å². The molecule has 2 rings (SSSR count). The maximum absolute atomic E-state index is 11.7. The molecule has 0 aliphatic rings. The molecule has 7 nitrogen and oxygen atoms in total. The van der Waals surface area contributed by atoms with Gasteiger partial charge in [-0.25, -0.2) is 0 Å². The number of nitro benzene ring substituents is 1. The van der Waals surface area contributed by atoms with Gasteiger partial charge in [0.2, 0.25) is 5.91 Å². The molecular weight excluding hydrogens is 272 g/mol. The molecule has 0 spiro atoms. The van der Waals surface area contributed by atoms with Crippen molar-refractivity contribution in [3.63, 3.8) is 0 Å². The minimum atomic E-state index is -0.465. The van der Waals surface area contributed by atoms with Gasteiger partial charge in [0, 0.05) is 36.0 Å². The predicted octanol–water partition coefficient (Wildman–Crippen LogP) is 1.96. The van der Waals surface area contributed by atoms with Crippen LogP contribution in [0.1, 0.15) is 16.8 Å². The molecule has 0 bridgehead atoms. The first-order valence-corrected chi connectivity index (χ1v) is 6.25. The van der Waals surface area contributed by atoms with Crippen molar-refractivity contribution in [1.82, 2.24) is 15.5 Å². The van der Waals surface area contributed by atoms with Crippen LogP contribution in [0.5, 0.6) is 0 Å². The highest BCUT2D eigenvalue weighted by Crippen LogP contribution is 2.12. The molecule has 0 aliphatic carbocycles. The molecule has 1 heterocycles. The van der Waals surface area contributed by atoms with Gasteiger partial charge in [0.1, 0.15) is 0 Å². The summed E-state index contributed by atoms with van der Waals surface area (Å²) < 4.78 is 0. The molecule has 7 heteroatoms. The van der Waals surface area contributed by atoms with Crippen molar-refractivity contribution in [2.45, 2.75) is 13.5 Å². The lowest BCUT2D eigenvalue weighted by Gasteiger charge is -2.00. The zero-order chi connectivity index (χ0) is 15.2. The average molecular weight is 286 g/mol. The van der Waals surface area contributed by atoms with Crippen LogP contribution in [-0.2, 0) is 11.3 Å². The van der Waals surface area contributed by atoms with Crippen molar-refractivity contribution in [1.29, 1.82) is 0 Å². The normalized spacial score (nSPS) is 10.7. The number of nitrogens with one attached hydrogen (secondary N) is 2. The van der Waals surface area contributed by atoms with Crippen LogP contribution < -0.4 is 5.32 Å². The summed E-state index contributed by atoms with van der Waals surface area (Å²) in [7, 11) is 0. The molecule has 0 saturated heterocycles. The summed E-state index contributed by atoms with van der Waals surface area (Å²) in [6.45, 7) is 2.27. The van der Waals surface area contributed by atoms with Crippen molar-refractivity contribution in [3.05, 3.63) is 63.5 Å². The van der Waals surface area contributed by atoms with Crippen LogP contribution in [-0.4, -0.2) is 21.0 Å². The lowest BCUT2D eigenvalue weighted by molar-refractivity contribution is -0.384. The number of aryl methyl sites for hydroxylation is 1. The van der Waals surface area contributed by atoms with Gasteiger partial charge < -0.3 is 5.32 Å². The largest absolute Gasteiger partial charge is 0.348 e. The fourth-order valence-corrected chi connectivity index (χ4v) is 1.67. The molecule has 0 aliphatic heterocycles. The Labute approximate surface area is 120 Å². The second-order valence-electron chi connectivity index (χ2n) is 4.42. The summed E-state index contributed by atoms with van der Waals surface area (Å²) in [5, 5.41) is 19.9. The number of H-pyrrole nitrogens is 1. The SMILES string of the molecule is Cc1[nH]ncc1CNC(=O)/C=C/c1ccc([N+](=O)[O-])cc1. The molecule has 0 atom stereocenters. The summed E-state index contributed by atoms with van der Waals surface area (Å²) in [5.41, 5.74) is 2.57. The van der Waals surface area contributed by atoms with Crippen LogP contribution in [0.3, 0.4) is 0 Å². The Balaban J connectivity index is 1.89. The number of benzene rings is 1. The number of rotatable bonds is 5. The van der Waals surface area contributed by atoms with Crippen LogP contribution in [0.25, 0.3) is 6.08 Å². The van der Waals surface area contributed by atoms with Gasteiger partial charge in [-0.05, 0) is 30.7 Å². The molecule has 1 aromatic heterocycles. The van der Waals surface area contributed by atoms with Gasteiger partial charge in [-0.15, -0.1) is 0 Å². The lowest BCUT2D eigenvalue weighted by Crippen LogP contribution is -2.20. The third-order valence-corrected chi connectivity index (χ3v) is 2.92. The molecule has 1 amide bonds. The third-order valence-electron chi connectivity index (χ3n) is 2.92. The molecule has 108 valence electrons.